The van der Waals surface area contributed by atoms with Crippen LogP contribution in [0.25, 0.3) is 0 Å². The van der Waals surface area contributed by atoms with Crippen LogP contribution in [0.4, 0.5) is 4.79 Å². The van der Waals surface area contributed by atoms with Gasteiger partial charge in [-0.3, -0.25) is 0 Å². The first kappa shape index (κ1) is 8.73. The first-order valence-electron chi connectivity index (χ1n) is 3.00. The number of carboxylic acid groups (broad SMARTS) is 1. The highest BCUT2D eigenvalue weighted by atomic mass is 35.5. The third-order valence-electron chi connectivity index (χ3n) is 0.975. The van der Waals surface area contributed by atoms with E-state index in [9.17, 15) is 4.79 Å². The van der Waals surface area contributed by atoms with E-state index in [0.717, 1.165) is 0 Å². The molecule has 0 spiro atoms. The van der Waals surface area contributed by atoms with Gasteiger partial charge in [-0.1, -0.05) is 11.6 Å². The molecule has 0 aromatic carbocycles. The molecule has 0 bridgehead atoms. The van der Waals surface area contributed by atoms with Crippen molar-refractivity contribution in [2.45, 2.75) is 6.92 Å². The van der Waals surface area contributed by atoms with Crippen LogP contribution in [0, 0.1) is 6.92 Å². The molecular weight excluding hydrogens is 184 g/mol. The van der Waals surface area contributed by atoms with Gasteiger partial charge in [-0.05, 0) is 6.92 Å². The minimum absolute atomic E-state index is 0.0694. The summed E-state index contributed by atoms with van der Waals surface area (Å²) in [6, 6.07) is 1.22. The Morgan fingerprint density at radius 1 is 1.67 bits per heavy atom. The van der Waals surface area contributed by atoms with Crippen LogP contribution in [0.2, 0.25) is 5.15 Å². The fraction of sp³-hybridized carbons (Fsp3) is 0.167. The summed E-state index contributed by atoms with van der Waals surface area (Å²) in [5, 5.41) is 8.37. The highest BCUT2D eigenvalue weighted by molar-refractivity contribution is 6.29. The summed E-state index contributed by atoms with van der Waals surface area (Å²) in [5.74, 6) is 0.291. The molecule has 0 unspecified atom stereocenters. The van der Waals surface area contributed by atoms with Crippen molar-refractivity contribution in [3.8, 4) is 5.88 Å². The maximum Gasteiger partial charge on any atom is 0.512 e. The SMILES string of the molecule is Cc1nc(Cl)cc(OC(=O)O)n1. The Labute approximate surface area is 73.0 Å². The van der Waals surface area contributed by atoms with Gasteiger partial charge in [0.2, 0.25) is 5.88 Å². The van der Waals surface area contributed by atoms with Gasteiger partial charge >= 0.3 is 6.16 Å². The van der Waals surface area contributed by atoms with Gasteiger partial charge in [-0.2, -0.15) is 4.98 Å². The maximum atomic E-state index is 10.1. The predicted octanol–water partition coefficient (Wildman–Crippen LogP) is 1.50. The maximum absolute atomic E-state index is 10.1. The number of carbonyl (C=O) groups is 1. The molecule has 1 aromatic heterocycles. The summed E-state index contributed by atoms with van der Waals surface area (Å²) >= 11 is 5.51. The molecule has 1 N–H and O–H groups in total. The molecule has 0 atom stereocenters. The van der Waals surface area contributed by atoms with Crippen molar-refractivity contribution in [2.24, 2.45) is 0 Å². The van der Waals surface area contributed by atoms with Gasteiger partial charge in [0.05, 0.1) is 0 Å². The van der Waals surface area contributed by atoms with E-state index < -0.39 is 6.16 Å². The second kappa shape index (κ2) is 3.36. The molecule has 5 nitrogen and oxygen atoms in total. The minimum Gasteiger partial charge on any atom is -0.449 e. The van der Waals surface area contributed by atoms with E-state index in [1.807, 2.05) is 0 Å². The molecule has 1 aromatic rings. The Hall–Kier alpha value is -1.36. The second-order valence-corrected chi connectivity index (χ2v) is 2.33. The van der Waals surface area contributed by atoms with Gasteiger partial charge in [0, 0.05) is 6.07 Å². The van der Waals surface area contributed by atoms with Gasteiger partial charge < -0.3 is 9.84 Å². The largest absolute Gasteiger partial charge is 0.512 e. The zero-order valence-corrected chi connectivity index (χ0v) is 6.87. The second-order valence-electron chi connectivity index (χ2n) is 1.94. The van der Waals surface area contributed by atoms with Crippen molar-refractivity contribution < 1.29 is 14.6 Å². The summed E-state index contributed by atoms with van der Waals surface area (Å²) in [4.78, 5) is 17.5. The van der Waals surface area contributed by atoms with E-state index in [2.05, 4.69) is 14.7 Å². The average Bonchev–Trinajstić information content (AvgIpc) is 1.81. The van der Waals surface area contributed by atoms with Gasteiger partial charge in [0.25, 0.3) is 0 Å². The molecule has 1 rings (SSSR count). The first-order chi connectivity index (χ1) is 5.58. The molecule has 0 aliphatic carbocycles. The predicted molar refractivity (Wildman–Crippen MR) is 40.4 cm³/mol. The van der Waals surface area contributed by atoms with E-state index in [-0.39, 0.29) is 11.0 Å². The standard InChI is InChI=1S/C6H5ClN2O3/c1-3-8-4(7)2-5(9-3)12-6(10)11/h2H,1H3,(H,10,11). The van der Waals surface area contributed by atoms with Crippen molar-refractivity contribution in [1.29, 1.82) is 0 Å². The molecule has 1 heterocycles. The minimum atomic E-state index is -1.43. The summed E-state index contributed by atoms with van der Waals surface area (Å²) < 4.78 is 4.26. The van der Waals surface area contributed by atoms with Crippen molar-refractivity contribution in [3.63, 3.8) is 0 Å². The molecule has 0 saturated heterocycles. The first-order valence-corrected chi connectivity index (χ1v) is 3.37. The highest BCUT2D eigenvalue weighted by Gasteiger charge is 2.04. The number of hydrogen-bond acceptors (Lipinski definition) is 4. The number of halogens is 1. The van der Waals surface area contributed by atoms with Crippen molar-refractivity contribution in [2.75, 3.05) is 0 Å². The summed E-state index contributed by atoms with van der Waals surface area (Å²) in [6.07, 6.45) is -1.43. The van der Waals surface area contributed by atoms with Crippen LogP contribution in [0.1, 0.15) is 5.82 Å². The lowest BCUT2D eigenvalue weighted by Crippen LogP contribution is -2.05. The van der Waals surface area contributed by atoms with E-state index >= 15 is 0 Å². The quantitative estimate of drug-likeness (QED) is 0.534. The number of nitrogens with zero attached hydrogens (tertiary/aromatic N) is 2. The lowest BCUT2D eigenvalue weighted by atomic mass is 10.6. The zero-order chi connectivity index (χ0) is 9.14. The molecule has 0 fully saturated rings. The number of rotatable bonds is 1. The van der Waals surface area contributed by atoms with Crippen LogP contribution in [0.3, 0.4) is 0 Å². The lowest BCUT2D eigenvalue weighted by molar-refractivity contribution is 0.142. The molecule has 64 valence electrons. The summed E-state index contributed by atoms with van der Waals surface area (Å²) in [6.45, 7) is 1.58. The van der Waals surface area contributed by atoms with Gasteiger partial charge in [0.1, 0.15) is 11.0 Å². The fourth-order valence-corrected chi connectivity index (χ4v) is 0.863. The molecule has 0 radical (unpaired) electrons. The van der Waals surface area contributed by atoms with Crippen molar-refractivity contribution in [3.05, 3.63) is 17.0 Å². The van der Waals surface area contributed by atoms with Crippen molar-refractivity contribution in [1.82, 2.24) is 9.97 Å². The van der Waals surface area contributed by atoms with Crippen LogP contribution in [0.5, 0.6) is 5.88 Å². The Morgan fingerprint density at radius 3 is 2.83 bits per heavy atom. The van der Waals surface area contributed by atoms with E-state index in [1.54, 1.807) is 6.92 Å². The van der Waals surface area contributed by atoms with Gasteiger partial charge in [-0.25, -0.2) is 9.78 Å². The molecule has 0 aliphatic heterocycles. The van der Waals surface area contributed by atoms with E-state index in [0.29, 0.717) is 5.82 Å². The molecule has 12 heavy (non-hydrogen) atoms. The van der Waals surface area contributed by atoms with E-state index in [1.165, 1.54) is 6.07 Å². The normalized spacial score (nSPS) is 9.50. The Bertz CT molecular complexity index is 295. The zero-order valence-electron chi connectivity index (χ0n) is 6.11. The third-order valence-corrected chi connectivity index (χ3v) is 1.17. The van der Waals surface area contributed by atoms with Crippen LogP contribution < -0.4 is 4.74 Å². The highest BCUT2D eigenvalue weighted by Crippen LogP contribution is 2.12. The number of aryl methyl sites for hydroxylation is 1. The molecule has 6 heteroatoms. The average molecular weight is 189 g/mol. The molecule has 0 aliphatic rings. The number of hydrogen-bond donors (Lipinski definition) is 1. The fourth-order valence-electron chi connectivity index (χ4n) is 0.647. The topological polar surface area (TPSA) is 72.3 Å². The van der Waals surface area contributed by atoms with Gasteiger partial charge in [-0.15, -0.1) is 0 Å². The van der Waals surface area contributed by atoms with Gasteiger partial charge in [0.15, 0.2) is 0 Å². The lowest BCUT2D eigenvalue weighted by Gasteiger charge is -1.99. The van der Waals surface area contributed by atoms with Crippen LogP contribution >= 0.6 is 11.6 Å². The Kier molecular flexibility index (Phi) is 2.44. The summed E-state index contributed by atoms with van der Waals surface area (Å²) in [7, 11) is 0. The monoisotopic (exact) mass is 188 g/mol. The molecular formula is C6H5ClN2O3. The smallest absolute Gasteiger partial charge is 0.449 e. The third kappa shape index (κ3) is 2.35. The summed E-state index contributed by atoms with van der Waals surface area (Å²) in [5.41, 5.74) is 0. The van der Waals surface area contributed by atoms with Crippen LogP contribution in [-0.4, -0.2) is 21.2 Å². The van der Waals surface area contributed by atoms with Crippen LogP contribution in [0.15, 0.2) is 6.07 Å². The number of ether oxygens (including phenoxy) is 1. The Balaban J connectivity index is 2.93. The molecule has 0 amide bonds. The molecule has 0 saturated carbocycles. The van der Waals surface area contributed by atoms with Crippen molar-refractivity contribution >= 4 is 17.8 Å². The number of aromatic nitrogens is 2. The van der Waals surface area contributed by atoms with E-state index in [4.69, 9.17) is 16.7 Å². The van der Waals surface area contributed by atoms with Crippen LogP contribution in [-0.2, 0) is 0 Å². The Morgan fingerprint density at radius 2 is 2.33 bits per heavy atom.